The summed E-state index contributed by atoms with van der Waals surface area (Å²) in [6, 6.07) is 10.2. The second kappa shape index (κ2) is 6.67. The molecule has 6 nitrogen and oxygen atoms in total. The number of aryl methyl sites for hydroxylation is 1. The molecule has 0 saturated carbocycles. The summed E-state index contributed by atoms with van der Waals surface area (Å²) in [6.45, 7) is 1.81. The maximum atomic E-state index is 12.5. The normalized spacial score (nSPS) is 10.4. The van der Waals surface area contributed by atoms with Crippen molar-refractivity contribution in [2.75, 3.05) is 12.4 Å². The van der Waals surface area contributed by atoms with Gasteiger partial charge in [-0.3, -0.25) is 4.79 Å². The van der Waals surface area contributed by atoms with Crippen LogP contribution in [0, 0.1) is 6.92 Å². The molecule has 0 radical (unpaired) electrons. The van der Waals surface area contributed by atoms with E-state index in [0.717, 1.165) is 4.88 Å². The predicted octanol–water partition coefficient (Wildman–Crippen LogP) is 3.75. The topological polar surface area (TPSA) is 81.4 Å². The fourth-order valence-corrected chi connectivity index (χ4v) is 3.05. The van der Waals surface area contributed by atoms with Crippen molar-refractivity contribution in [3.63, 3.8) is 0 Å². The number of thiazole rings is 1. The highest BCUT2D eigenvalue weighted by Gasteiger charge is 2.20. The summed E-state index contributed by atoms with van der Waals surface area (Å²) in [5.74, 6) is -0.299. The number of methoxy groups -OCH3 is 1. The zero-order valence-corrected chi connectivity index (χ0v) is 13.8. The third kappa shape index (κ3) is 3.07. The molecule has 3 rings (SSSR count). The number of hydrogen-bond acceptors (Lipinski definition) is 6. The fourth-order valence-electron chi connectivity index (χ4n) is 2.17. The van der Waals surface area contributed by atoms with Crippen LogP contribution in [0.4, 0.5) is 5.69 Å². The van der Waals surface area contributed by atoms with Gasteiger partial charge in [0.15, 0.2) is 10.8 Å². The first kappa shape index (κ1) is 15.9. The van der Waals surface area contributed by atoms with Crippen molar-refractivity contribution in [1.29, 1.82) is 0 Å². The number of carbonyl (C=O) groups is 2. The standard InChI is InChI=1S/C17H14N2O4S/c1-10-14(19-16(24-10)13-8-5-9-23-13)15(20)18-12-7-4-3-6-11(12)17(21)22-2/h3-9H,1-2H3,(H,18,20). The second-order valence-corrected chi connectivity index (χ2v) is 6.10. The molecule has 0 aliphatic heterocycles. The summed E-state index contributed by atoms with van der Waals surface area (Å²) in [6.07, 6.45) is 1.55. The van der Waals surface area contributed by atoms with Gasteiger partial charge in [-0.15, -0.1) is 11.3 Å². The van der Waals surface area contributed by atoms with Crippen molar-refractivity contribution < 1.29 is 18.7 Å². The number of nitrogens with zero attached hydrogens (tertiary/aromatic N) is 1. The van der Waals surface area contributed by atoms with Gasteiger partial charge in [-0.05, 0) is 31.2 Å². The lowest BCUT2D eigenvalue weighted by Gasteiger charge is -2.08. The van der Waals surface area contributed by atoms with E-state index in [1.54, 1.807) is 42.7 Å². The van der Waals surface area contributed by atoms with Crippen molar-refractivity contribution in [3.05, 3.63) is 58.8 Å². The Kier molecular flexibility index (Phi) is 4.43. The predicted molar refractivity (Wildman–Crippen MR) is 90.3 cm³/mol. The summed E-state index contributed by atoms with van der Waals surface area (Å²) in [4.78, 5) is 29.4. The zero-order valence-electron chi connectivity index (χ0n) is 13.0. The van der Waals surface area contributed by atoms with Crippen LogP contribution in [0.1, 0.15) is 25.7 Å². The van der Waals surface area contributed by atoms with E-state index in [1.165, 1.54) is 18.4 Å². The van der Waals surface area contributed by atoms with E-state index in [2.05, 4.69) is 10.3 Å². The molecule has 2 heterocycles. The number of ether oxygens (including phenoxy) is 1. The van der Waals surface area contributed by atoms with E-state index in [9.17, 15) is 9.59 Å². The minimum Gasteiger partial charge on any atom is -0.465 e. The average Bonchev–Trinajstić information content (AvgIpc) is 3.24. The van der Waals surface area contributed by atoms with Gasteiger partial charge < -0.3 is 14.5 Å². The van der Waals surface area contributed by atoms with Crippen LogP contribution in [0.2, 0.25) is 0 Å². The molecule has 122 valence electrons. The Labute approximate surface area is 142 Å². The van der Waals surface area contributed by atoms with E-state index < -0.39 is 11.9 Å². The van der Waals surface area contributed by atoms with Crippen molar-refractivity contribution in [3.8, 4) is 10.8 Å². The molecule has 0 bridgehead atoms. The quantitative estimate of drug-likeness (QED) is 0.730. The highest BCUT2D eigenvalue weighted by atomic mass is 32.1. The van der Waals surface area contributed by atoms with Crippen LogP contribution >= 0.6 is 11.3 Å². The van der Waals surface area contributed by atoms with E-state index in [-0.39, 0.29) is 5.56 Å². The Hall–Kier alpha value is -2.93. The highest BCUT2D eigenvalue weighted by molar-refractivity contribution is 7.15. The number of hydrogen-bond donors (Lipinski definition) is 1. The minimum atomic E-state index is -0.517. The molecule has 1 N–H and O–H groups in total. The number of anilines is 1. The van der Waals surface area contributed by atoms with Crippen LogP contribution in [0.15, 0.2) is 47.1 Å². The fraction of sp³-hybridized carbons (Fsp3) is 0.118. The van der Waals surface area contributed by atoms with E-state index in [4.69, 9.17) is 9.15 Å². The smallest absolute Gasteiger partial charge is 0.339 e. The van der Waals surface area contributed by atoms with Gasteiger partial charge in [0, 0.05) is 4.88 Å². The molecule has 2 aromatic heterocycles. The summed E-state index contributed by atoms with van der Waals surface area (Å²) in [5, 5.41) is 3.34. The van der Waals surface area contributed by atoms with Gasteiger partial charge in [-0.1, -0.05) is 12.1 Å². The van der Waals surface area contributed by atoms with E-state index in [1.807, 2.05) is 6.92 Å². The van der Waals surface area contributed by atoms with Gasteiger partial charge in [0.2, 0.25) is 0 Å². The van der Waals surface area contributed by atoms with Gasteiger partial charge >= 0.3 is 5.97 Å². The maximum Gasteiger partial charge on any atom is 0.339 e. The van der Waals surface area contributed by atoms with Gasteiger partial charge in [-0.2, -0.15) is 0 Å². The monoisotopic (exact) mass is 342 g/mol. The number of nitrogens with one attached hydrogen (secondary N) is 1. The SMILES string of the molecule is COC(=O)c1ccccc1NC(=O)c1nc(-c2ccco2)sc1C. The molecule has 0 fully saturated rings. The van der Waals surface area contributed by atoms with Crippen LogP contribution in [0.5, 0.6) is 0 Å². The average molecular weight is 342 g/mol. The lowest BCUT2D eigenvalue weighted by molar-refractivity contribution is 0.0602. The number of rotatable bonds is 4. The van der Waals surface area contributed by atoms with Crippen LogP contribution in [-0.2, 0) is 4.74 Å². The highest BCUT2D eigenvalue weighted by Crippen LogP contribution is 2.28. The van der Waals surface area contributed by atoms with E-state index in [0.29, 0.717) is 22.1 Å². The Morgan fingerprint density at radius 1 is 1.21 bits per heavy atom. The molecule has 0 unspecified atom stereocenters. The Balaban J connectivity index is 1.88. The number of furan rings is 1. The molecule has 1 aromatic carbocycles. The zero-order chi connectivity index (χ0) is 17.1. The molecule has 0 atom stereocenters. The number of carbonyl (C=O) groups excluding carboxylic acids is 2. The molecule has 0 spiro atoms. The number of benzene rings is 1. The van der Waals surface area contributed by atoms with Crippen molar-refractivity contribution in [1.82, 2.24) is 4.98 Å². The summed E-state index contributed by atoms with van der Waals surface area (Å²) >= 11 is 1.37. The van der Waals surface area contributed by atoms with Crippen molar-refractivity contribution in [2.24, 2.45) is 0 Å². The lowest BCUT2D eigenvalue weighted by atomic mass is 10.1. The summed E-state index contributed by atoms with van der Waals surface area (Å²) in [5.41, 5.74) is 0.958. The molecule has 0 saturated heterocycles. The molecular formula is C17H14N2O4S. The molecule has 24 heavy (non-hydrogen) atoms. The first-order valence-electron chi connectivity index (χ1n) is 7.10. The Bertz CT molecular complexity index is 884. The Morgan fingerprint density at radius 3 is 2.71 bits per heavy atom. The molecule has 0 aliphatic carbocycles. The van der Waals surface area contributed by atoms with Gasteiger partial charge in [0.1, 0.15) is 5.69 Å². The first-order chi connectivity index (χ1) is 11.6. The van der Waals surface area contributed by atoms with Gasteiger partial charge in [-0.25, -0.2) is 9.78 Å². The molecular weight excluding hydrogens is 328 g/mol. The van der Waals surface area contributed by atoms with E-state index >= 15 is 0 Å². The maximum absolute atomic E-state index is 12.5. The third-order valence-corrected chi connectivity index (χ3v) is 4.31. The number of para-hydroxylation sites is 1. The van der Waals surface area contributed by atoms with Gasteiger partial charge in [0.25, 0.3) is 5.91 Å². The number of aromatic nitrogens is 1. The minimum absolute atomic E-state index is 0.285. The largest absolute Gasteiger partial charge is 0.465 e. The second-order valence-electron chi connectivity index (χ2n) is 4.89. The Morgan fingerprint density at radius 2 is 2.00 bits per heavy atom. The van der Waals surface area contributed by atoms with Crippen LogP contribution < -0.4 is 5.32 Å². The third-order valence-electron chi connectivity index (χ3n) is 3.32. The van der Waals surface area contributed by atoms with Crippen LogP contribution in [0.25, 0.3) is 10.8 Å². The molecule has 0 aliphatic rings. The van der Waals surface area contributed by atoms with Crippen molar-refractivity contribution in [2.45, 2.75) is 6.92 Å². The molecule has 1 amide bonds. The van der Waals surface area contributed by atoms with Crippen LogP contribution in [-0.4, -0.2) is 24.0 Å². The molecule has 7 heteroatoms. The molecule has 3 aromatic rings. The van der Waals surface area contributed by atoms with Crippen LogP contribution in [0.3, 0.4) is 0 Å². The number of amides is 1. The van der Waals surface area contributed by atoms with Crippen molar-refractivity contribution >= 4 is 28.9 Å². The number of esters is 1. The lowest BCUT2D eigenvalue weighted by Crippen LogP contribution is -2.16. The first-order valence-corrected chi connectivity index (χ1v) is 7.92. The summed E-state index contributed by atoms with van der Waals surface area (Å²) < 4.78 is 10.0. The van der Waals surface area contributed by atoms with Gasteiger partial charge in [0.05, 0.1) is 24.6 Å². The summed E-state index contributed by atoms with van der Waals surface area (Å²) in [7, 11) is 1.29.